The molecular weight excluding hydrogens is 286 g/mol. The number of halogens is 1. The van der Waals surface area contributed by atoms with Crippen LogP contribution in [0.15, 0.2) is 29.8 Å². The van der Waals surface area contributed by atoms with Gasteiger partial charge in [-0.2, -0.15) is 0 Å². The summed E-state index contributed by atoms with van der Waals surface area (Å²) in [5.41, 5.74) is -0.111. The largest absolute Gasteiger partial charge is 0.361 e. The normalized spacial score (nSPS) is 12.1. The molecule has 2 rings (SSSR count). The van der Waals surface area contributed by atoms with E-state index in [1.54, 1.807) is 11.3 Å². The number of rotatable bonds is 5. The topological polar surface area (TPSA) is 68.1 Å². The molecule has 0 spiro atoms. The number of thiophene rings is 1. The first kappa shape index (κ1) is 13.8. The van der Waals surface area contributed by atoms with Crippen LogP contribution in [-0.2, 0) is 0 Å². The predicted molar refractivity (Wildman–Crippen MR) is 76.9 cm³/mol. The van der Waals surface area contributed by atoms with Gasteiger partial charge in [0, 0.05) is 10.9 Å². The number of hydrogen-bond acceptors (Lipinski definition) is 5. The van der Waals surface area contributed by atoms with Gasteiger partial charge in [-0.15, -0.1) is 11.3 Å². The molecule has 0 aliphatic carbocycles. The Balaban J connectivity index is 2.21. The fourth-order valence-electron chi connectivity index (χ4n) is 1.66. The van der Waals surface area contributed by atoms with E-state index in [0.717, 1.165) is 6.42 Å². The lowest BCUT2D eigenvalue weighted by Gasteiger charge is -2.16. The van der Waals surface area contributed by atoms with Gasteiger partial charge < -0.3 is 5.32 Å². The first-order valence-electron chi connectivity index (χ1n) is 5.71. The Labute approximate surface area is 119 Å². The molecule has 7 heteroatoms. The van der Waals surface area contributed by atoms with E-state index in [9.17, 15) is 10.1 Å². The zero-order chi connectivity index (χ0) is 13.8. The zero-order valence-corrected chi connectivity index (χ0v) is 11.7. The van der Waals surface area contributed by atoms with Gasteiger partial charge in [0.1, 0.15) is 12.0 Å². The van der Waals surface area contributed by atoms with Gasteiger partial charge in [0.05, 0.1) is 16.0 Å². The minimum Gasteiger partial charge on any atom is -0.361 e. The second-order valence-corrected chi connectivity index (χ2v) is 5.29. The molecule has 0 aromatic carbocycles. The Morgan fingerprint density at radius 2 is 2.42 bits per heavy atom. The summed E-state index contributed by atoms with van der Waals surface area (Å²) in [4.78, 5) is 15.3. The van der Waals surface area contributed by atoms with E-state index in [-0.39, 0.29) is 16.8 Å². The van der Waals surface area contributed by atoms with E-state index in [2.05, 4.69) is 17.2 Å². The van der Waals surface area contributed by atoms with Crippen LogP contribution in [0, 0.1) is 10.1 Å². The number of nitro groups is 1. The molecule has 5 nitrogen and oxygen atoms in total. The monoisotopic (exact) mass is 297 g/mol. The van der Waals surface area contributed by atoms with Crippen molar-refractivity contribution < 1.29 is 4.92 Å². The first-order chi connectivity index (χ1) is 9.11. The van der Waals surface area contributed by atoms with Crippen molar-refractivity contribution in [2.24, 2.45) is 0 Å². The SMILES string of the molecule is CCC(Nc1ncc([N+](=O)[O-])cc1Cl)c1cccs1. The van der Waals surface area contributed by atoms with Gasteiger partial charge in [-0.25, -0.2) is 4.98 Å². The summed E-state index contributed by atoms with van der Waals surface area (Å²) in [7, 11) is 0. The van der Waals surface area contributed by atoms with Crippen LogP contribution in [-0.4, -0.2) is 9.91 Å². The second-order valence-electron chi connectivity index (χ2n) is 3.90. The zero-order valence-electron chi connectivity index (χ0n) is 10.2. The van der Waals surface area contributed by atoms with Crippen molar-refractivity contribution in [1.29, 1.82) is 0 Å². The highest BCUT2D eigenvalue weighted by Crippen LogP contribution is 2.30. The quantitative estimate of drug-likeness (QED) is 0.661. The minimum atomic E-state index is -0.515. The van der Waals surface area contributed by atoms with E-state index >= 15 is 0 Å². The predicted octanol–water partition coefficient (Wildman–Crippen LogP) is 4.27. The van der Waals surface area contributed by atoms with Crippen LogP contribution >= 0.6 is 22.9 Å². The average molecular weight is 298 g/mol. The van der Waals surface area contributed by atoms with E-state index in [1.165, 1.54) is 17.1 Å². The smallest absolute Gasteiger partial charge is 0.289 e. The fraction of sp³-hybridized carbons (Fsp3) is 0.250. The molecular formula is C12H12ClN3O2S. The second kappa shape index (κ2) is 5.99. The van der Waals surface area contributed by atoms with Crippen molar-refractivity contribution in [1.82, 2.24) is 4.98 Å². The molecule has 2 heterocycles. The summed E-state index contributed by atoms with van der Waals surface area (Å²) >= 11 is 7.66. The molecule has 0 fully saturated rings. The Hall–Kier alpha value is -1.66. The van der Waals surface area contributed by atoms with Gasteiger partial charge >= 0.3 is 0 Å². The highest BCUT2D eigenvalue weighted by atomic mass is 35.5. The van der Waals surface area contributed by atoms with Crippen LogP contribution in [0.3, 0.4) is 0 Å². The number of nitrogens with zero attached hydrogens (tertiary/aromatic N) is 2. The summed E-state index contributed by atoms with van der Waals surface area (Å²) < 4.78 is 0. The van der Waals surface area contributed by atoms with E-state index in [4.69, 9.17) is 11.6 Å². The molecule has 19 heavy (non-hydrogen) atoms. The first-order valence-corrected chi connectivity index (χ1v) is 6.97. The van der Waals surface area contributed by atoms with E-state index in [0.29, 0.717) is 5.82 Å². The number of hydrogen-bond donors (Lipinski definition) is 1. The Morgan fingerprint density at radius 1 is 1.63 bits per heavy atom. The standard InChI is InChI=1S/C12H12ClN3O2S/c1-2-10(11-4-3-5-19-11)15-12-9(13)6-8(7-14-12)16(17)18/h3-7,10H,2H2,1H3,(H,14,15). The van der Waals surface area contributed by atoms with Crippen molar-refractivity contribution in [3.05, 3.63) is 49.8 Å². The summed E-state index contributed by atoms with van der Waals surface area (Å²) in [5, 5.41) is 16.1. The molecule has 1 N–H and O–H groups in total. The van der Waals surface area contributed by atoms with Gasteiger partial charge in [0.15, 0.2) is 0 Å². The van der Waals surface area contributed by atoms with Crippen molar-refractivity contribution in [2.75, 3.05) is 5.32 Å². The minimum absolute atomic E-state index is 0.103. The van der Waals surface area contributed by atoms with E-state index < -0.39 is 4.92 Å². The van der Waals surface area contributed by atoms with Crippen molar-refractivity contribution in [3.8, 4) is 0 Å². The van der Waals surface area contributed by atoms with Gasteiger partial charge in [-0.3, -0.25) is 10.1 Å². The molecule has 0 radical (unpaired) electrons. The number of pyridine rings is 1. The maximum Gasteiger partial charge on any atom is 0.289 e. The van der Waals surface area contributed by atoms with Crippen molar-refractivity contribution in [2.45, 2.75) is 19.4 Å². The molecule has 0 aliphatic heterocycles. The Bertz CT molecular complexity index is 574. The molecule has 1 atom stereocenters. The lowest BCUT2D eigenvalue weighted by molar-refractivity contribution is -0.385. The van der Waals surface area contributed by atoms with Crippen LogP contribution in [0.5, 0.6) is 0 Å². The van der Waals surface area contributed by atoms with Crippen molar-refractivity contribution in [3.63, 3.8) is 0 Å². The third kappa shape index (κ3) is 3.21. The third-order valence-corrected chi connectivity index (χ3v) is 3.92. The van der Waals surface area contributed by atoms with Gasteiger partial charge in [0.25, 0.3) is 5.69 Å². The van der Waals surface area contributed by atoms with Gasteiger partial charge in [0.2, 0.25) is 0 Å². The number of aromatic nitrogens is 1. The molecule has 2 aromatic rings. The molecule has 0 saturated heterocycles. The number of anilines is 1. The summed E-state index contributed by atoms with van der Waals surface area (Å²) in [6, 6.07) is 5.42. The lowest BCUT2D eigenvalue weighted by Crippen LogP contribution is -2.09. The van der Waals surface area contributed by atoms with Crippen LogP contribution in [0.4, 0.5) is 11.5 Å². The van der Waals surface area contributed by atoms with Gasteiger partial charge in [-0.05, 0) is 17.9 Å². The molecule has 0 amide bonds. The maximum atomic E-state index is 10.6. The van der Waals surface area contributed by atoms with Crippen LogP contribution < -0.4 is 5.32 Å². The Kier molecular flexibility index (Phi) is 4.34. The summed E-state index contributed by atoms with van der Waals surface area (Å²) in [6.07, 6.45) is 2.07. The maximum absolute atomic E-state index is 10.6. The van der Waals surface area contributed by atoms with Crippen LogP contribution in [0.2, 0.25) is 5.02 Å². The molecule has 0 bridgehead atoms. The molecule has 0 aliphatic rings. The third-order valence-electron chi connectivity index (χ3n) is 2.64. The molecule has 1 unspecified atom stereocenters. The average Bonchev–Trinajstić information content (AvgIpc) is 2.91. The molecule has 0 saturated carbocycles. The molecule has 100 valence electrons. The van der Waals surface area contributed by atoms with Gasteiger partial charge in [-0.1, -0.05) is 24.6 Å². The lowest BCUT2D eigenvalue weighted by atomic mass is 10.2. The molecule has 2 aromatic heterocycles. The highest BCUT2D eigenvalue weighted by Gasteiger charge is 2.15. The van der Waals surface area contributed by atoms with Crippen LogP contribution in [0.1, 0.15) is 24.3 Å². The summed E-state index contributed by atoms with van der Waals surface area (Å²) in [6.45, 7) is 2.05. The van der Waals surface area contributed by atoms with E-state index in [1.807, 2.05) is 17.5 Å². The highest BCUT2D eigenvalue weighted by molar-refractivity contribution is 7.10. The van der Waals surface area contributed by atoms with Crippen molar-refractivity contribution >= 4 is 34.4 Å². The number of nitrogens with one attached hydrogen (secondary N) is 1. The summed E-state index contributed by atoms with van der Waals surface area (Å²) in [5.74, 6) is 0.465. The Morgan fingerprint density at radius 3 is 2.95 bits per heavy atom. The fourth-order valence-corrected chi connectivity index (χ4v) is 2.74. The van der Waals surface area contributed by atoms with Crippen LogP contribution in [0.25, 0.3) is 0 Å².